The van der Waals surface area contributed by atoms with Crippen molar-refractivity contribution in [1.29, 1.82) is 0 Å². The molecule has 1 heterocycles. The minimum atomic E-state index is -4.95. The molecule has 1 aromatic heterocycles. The van der Waals surface area contributed by atoms with Gasteiger partial charge < -0.3 is 5.32 Å². The summed E-state index contributed by atoms with van der Waals surface area (Å²) in [7, 11) is 1.01. The predicted octanol–water partition coefficient (Wildman–Crippen LogP) is 4.29. The summed E-state index contributed by atoms with van der Waals surface area (Å²) in [5.74, 6) is -2.50. The Balaban J connectivity index is 1.94. The number of halogens is 4. The van der Waals surface area contributed by atoms with Crippen LogP contribution in [0.4, 0.5) is 17.6 Å². The van der Waals surface area contributed by atoms with E-state index in [1.807, 2.05) is 30.3 Å². The number of nitrogens with one attached hydrogen (secondary N) is 1. The van der Waals surface area contributed by atoms with E-state index in [-0.39, 0.29) is 0 Å². The summed E-state index contributed by atoms with van der Waals surface area (Å²) < 4.78 is 54.2. The first kappa shape index (κ1) is 19.6. The van der Waals surface area contributed by atoms with E-state index in [1.165, 1.54) is 0 Å². The molecule has 28 heavy (non-hydrogen) atoms. The number of hydrogen-bond donors (Lipinski definition) is 1. The minimum absolute atomic E-state index is 0.333. The molecule has 0 radical (unpaired) electrons. The Labute approximate surface area is 158 Å². The number of rotatable bonds is 5. The van der Waals surface area contributed by atoms with Gasteiger partial charge in [0.05, 0.1) is 6.04 Å². The molecule has 0 spiro atoms. The maximum atomic E-state index is 14.2. The van der Waals surface area contributed by atoms with E-state index in [0.29, 0.717) is 16.7 Å². The van der Waals surface area contributed by atoms with Gasteiger partial charge in [0.25, 0.3) is 5.91 Å². The van der Waals surface area contributed by atoms with E-state index in [0.717, 1.165) is 12.6 Å². The molecule has 1 amide bonds. The van der Waals surface area contributed by atoms with E-state index in [4.69, 9.17) is 0 Å². The molecule has 1 unspecified atom stereocenters. The van der Waals surface area contributed by atoms with Crippen molar-refractivity contribution in [2.75, 3.05) is 0 Å². The van der Waals surface area contributed by atoms with Crippen LogP contribution < -0.4 is 5.32 Å². The molecule has 0 saturated carbocycles. The van der Waals surface area contributed by atoms with Crippen molar-refractivity contribution in [3.05, 3.63) is 89.0 Å². The van der Waals surface area contributed by atoms with Gasteiger partial charge in [-0.2, -0.15) is 22.7 Å². The lowest BCUT2D eigenvalue weighted by Gasteiger charge is -2.20. The van der Waals surface area contributed by atoms with Gasteiger partial charge in [0.2, 0.25) is 5.95 Å². The number of aryl methyl sites for hydroxylation is 1. The second kappa shape index (κ2) is 7.84. The fourth-order valence-electron chi connectivity index (χ4n) is 2.92. The van der Waals surface area contributed by atoms with E-state index >= 15 is 0 Å². The number of carbonyl (C=O) groups excluding carboxylic acids is 1. The average molecular weight is 391 g/mol. The number of nitrogens with zero attached hydrogens (tertiary/aromatic N) is 2. The van der Waals surface area contributed by atoms with E-state index < -0.39 is 35.3 Å². The summed E-state index contributed by atoms with van der Waals surface area (Å²) in [6.45, 7) is 0. The van der Waals surface area contributed by atoms with Crippen molar-refractivity contribution in [2.24, 2.45) is 7.05 Å². The lowest BCUT2D eigenvalue weighted by Crippen LogP contribution is -2.32. The number of amides is 1. The second-order valence-corrected chi connectivity index (χ2v) is 6.26. The zero-order chi connectivity index (χ0) is 20.3. The second-order valence-electron chi connectivity index (χ2n) is 6.26. The van der Waals surface area contributed by atoms with Gasteiger partial charge in [-0.05, 0) is 17.5 Å². The fraction of sp³-hybridized carbons (Fsp3) is 0.200. The summed E-state index contributed by atoms with van der Waals surface area (Å²) in [5.41, 5.74) is -1.09. The van der Waals surface area contributed by atoms with Crippen molar-refractivity contribution >= 4 is 5.91 Å². The van der Waals surface area contributed by atoms with E-state index in [9.17, 15) is 22.4 Å². The van der Waals surface area contributed by atoms with Crippen LogP contribution in [0.15, 0.2) is 60.7 Å². The lowest BCUT2D eigenvalue weighted by atomic mass is 9.98. The average Bonchev–Trinajstić information content (AvgIpc) is 2.98. The minimum Gasteiger partial charge on any atom is -0.345 e. The quantitative estimate of drug-likeness (QED) is 0.660. The van der Waals surface area contributed by atoms with Gasteiger partial charge >= 0.3 is 6.18 Å². The van der Waals surface area contributed by atoms with Crippen molar-refractivity contribution < 1.29 is 22.4 Å². The van der Waals surface area contributed by atoms with Crippen molar-refractivity contribution in [2.45, 2.75) is 18.6 Å². The maximum Gasteiger partial charge on any atom is 0.436 e. The molecule has 4 nitrogen and oxygen atoms in total. The van der Waals surface area contributed by atoms with Crippen LogP contribution in [0.2, 0.25) is 0 Å². The van der Waals surface area contributed by atoms with Gasteiger partial charge in [-0.25, -0.2) is 4.68 Å². The van der Waals surface area contributed by atoms with Crippen LogP contribution in [0, 0.1) is 5.95 Å². The smallest absolute Gasteiger partial charge is 0.345 e. The third-order valence-electron chi connectivity index (χ3n) is 4.26. The highest BCUT2D eigenvalue weighted by molar-refractivity contribution is 5.95. The molecule has 0 aliphatic heterocycles. The van der Waals surface area contributed by atoms with Crippen LogP contribution >= 0.6 is 0 Å². The molecule has 8 heteroatoms. The van der Waals surface area contributed by atoms with E-state index in [1.54, 1.807) is 30.3 Å². The third-order valence-corrected chi connectivity index (χ3v) is 4.26. The highest BCUT2D eigenvalue weighted by Crippen LogP contribution is 2.32. The molecule has 146 valence electrons. The molecular formula is C20H17F4N3O. The third kappa shape index (κ3) is 4.21. The number of aromatic nitrogens is 2. The fourth-order valence-corrected chi connectivity index (χ4v) is 2.92. The zero-order valence-electron chi connectivity index (χ0n) is 14.9. The van der Waals surface area contributed by atoms with E-state index in [2.05, 4.69) is 10.4 Å². The van der Waals surface area contributed by atoms with Gasteiger partial charge in [-0.3, -0.25) is 4.79 Å². The van der Waals surface area contributed by atoms with Crippen molar-refractivity contribution in [3.8, 4) is 0 Å². The van der Waals surface area contributed by atoms with Crippen LogP contribution in [0.25, 0.3) is 0 Å². The Morgan fingerprint density at radius 1 is 1.07 bits per heavy atom. The molecule has 0 bridgehead atoms. The summed E-state index contributed by atoms with van der Waals surface area (Å²) in [4.78, 5) is 12.6. The largest absolute Gasteiger partial charge is 0.436 e. The van der Waals surface area contributed by atoms with Crippen LogP contribution in [-0.2, 0) is 19.6 Å². The summed E-state index contributed by atoms with van der Waals surface area (Å²) in [6, 6.07) is 17.3. The first-order chi connectivity index (χ1) is 13.3. The highest BCUT2D eigenvalue weighted by atomic mass is 19.4. The maximum absolute atomic E-state index is 14.2. The van der Waals surface area contributed by atoms with Crippen molar-refractivity contribution in [1.82, 2.24) is 15.1 Å². The predicted molar refractivity (Wildman–Crippen MR) is 95.0 cm³/mol. The first-order valence-electron chi connectivity index (χ1n) is 8.46. The molecule has 0 aliphatic rings. The summed E-state index contributed by atoms with van der Waals surface area (Å²) >= 11 is 0. The molecule has 0 aliphatic carbocycles. The van der Waals surface area contributed by atoms with Crippen LogP contribution in [0.1, 0.15) is 33.2 Å². The number of carbonyl (C=O) groups is 1. The number of alkyl halides is 3. The summed E-state index contributed by atoms with van der Waals surface area (Å²) in [5, 5.41) is 5.65. The van der Waals surface area contributed by atoms with Gasteiger partial charge in [0.15, 0.2) is 5.69 Å². The van der Waals surface area contributed by atoms with Crippen LogP contribution in [0.3, 0.4) is 0 Å². The molecular weight excluding hydrogens is 374 g/mol. The molecule has 2 aromatic carbocycles. The number of benzene rings is 2. The first-order valence-corrected chi connectivity index (χ1v) is 8.46. The number of hydrogen-bond acceptors (Lipinski definition) is 2. The Kier molecular flexibility index (Phi) is 5.48. The SMILES string of the molecule is Cn1nc(C(F)(F)F)c(C(=O)NC(Cc2ccccc2)c2ccccc2)c1F. The van der Waals surface area contributed by atoms with Gasteiger partial charge in [-0.1, -0.05) is 60.7 Å². The molecule has 0 fully saturated rings. The Morgan fingerprint density at radius 3 is 2.21 bits per heavy atom. The monoisotopic (exact) mass is 391 g/mol. The standard InChI is InChI=1S/C20H17F4N3O/c1-27-18(21)16(17(26-27)20(22,23)24)19(28)25-15(14-10-6-3-7-11-14)12-13-8-4-2-5-9-13/h2-11,15H,12H2,1H3,(H,25,28). The normalized spacial score (nSPS) is 12.6. The van der Waals surface area contributed by atoms with Gasteiger partial charge in [0.1, 0.15) is 5.56 Å². The molecule has 3 aromatic rings. The summed E-state index contributed by atoms with van der Waals surface area (Å²) in [6.07, 6.45) is -4.61. The Morgan fingerprint density at radius 2 is 1.64 bits per heavy atom. The lowest BCUT2D eigenvalue weighted by molar-refractivity contribution is -0.141. The molecule has 1 N–H and O–H groups in total. The molecule has 3 rings (SSSR count). The highest BCUT2D eigenvalue weighted by Gasteiger charge is 2.42. The van der Waals surface area contributed by atoms with Crippen LogP contribution in [0.5, 0.6) is 0 Å². The topological polar surface area (TPSA) is 46.9 Å². The van der Waals surface area contributed by atoms with Crippen molar-refractivity contribution in [3.63, 3.8) is 0 Å². The van der Waals surface area contributed by atoms with Gasteiger partial charge in [-0.15, -0.1) is 0 Å². The van der Waals surface area contributed by atoms with Gasteiger partial charge in [0, 0.05) is 7.05 Å². The molecule has 1 atom stereocenters. The van der Waals surface area contributed by atoms with Crippen LogP contribution in [-0.4, -0.2) is 15.7 Å². The molecule has 0 saturated heterocycles. The zero-order valence-corrected chi connectivity index (χ0v) is 14.9. The Bertz CT molecular complexity index is 953. The Hall–Kier alpha value is -3.16.